The minimum absolute atomic E-state index is 0.131. The predicted molar refractivity (Wildman–Crippen MR) is 130 cm³/mol. The molecule has 7 nitrogen and oxygen atoms in total. The van der Waals surface area contributed by atoms with E-state index in [0.717, 1.165) is 21.9 Å². The maximum atomic E-state index is 13.3. The number of benzene rings is 2. The second-order valence-corrected chi connectivity index (χ2v) is 10.2. The van der Waals surface area contributed by atoms with E-state index >= 15 is 0 Å². The smallest absolute Gasteiger partial charge is 0.243 e. The summed E-state index contributed by atoms with van der Waals surface area (Å²) in [6, 6.07) is 15.6. The number of carbonyl (C=O) groups is 2. The molecule has 0 bridgehead atoms. The quantitative estimate of drug-likeness (QED) is 0.513. The van der Waals surface area contributed by atoms with Gasteiger partial charge in [0.2, 0.25) is 21.8 Å². The van der Waals surface area contributed by atoms with Crippen molar-refractivity contribution in [3.63, 3.8) is 0 Å². The Morgan fingerprint density at radius 2 is 1.64 bits per heavy atom. The van der Waals surface area contributed by atoms with E-state index in [9.17, 15) is 18.0 Å². The summed E-state index contributed by atoms with van der Waals surface area (Å²) < 4.78 is 27.0. The van der Waals surface area contributed by atoms with E-state index in [2.05, 4.69) is 5.32 Å². The Morgan fingerprint density at radius 1 is 1.00 bits per heavy atom. The van der Waals surface area contributed by atoms with Crippen molar-refractivity contribution >= 4 is 21.8 Å². The third-order valence-corrected chi connectivity index (χ3v) is 7.32. The van der Waals surface area contributed by atoms with Crippen LogP contribution in [0.5, 0.6) is 0 Å². The summed E-state index contributed by atoms with van der Waals surface area (Å²) in [5.41, 5.74) is 1.99. The molecule has 2 amide bonds. The Balaban J connectivity index is 2.23. The molecule has 0 radical (unpaired) electrons. The van der Waals surface area contributed by atoms with Crippen LogP contribution in [0.1, 0.15) is 37.8 Å². The van der Waals surface area contributed by atoms with Crippen LogP contribution in [-0.2, 0) is 26.0 Å². The van der Waals surface area contributed by atoms with Crippen LogP contribution in [-0.4, -0.2) is 62.2 Å². The molecule has 180 valence electrons. The zero-order chi connectivity index (χ0) is 24.4. The number of sulfonamides is 1. The highest BCUT2D eigenvalue weighted by Crippen LogP contribution is 2.16. The maximum Gasteiger partial charge on any atom is 0.243 e. The number of hydrogen-bond acceptors (Lipinski definition) is 4. The number of rotatable bonds is 12. The molecule has 0 aliphatic carbocycles. The van der Waals surface area contributed by atoms with E-state index in [1.54, 1.807) is 12.1 Å². The van der Waals surface area contributed by atoms with Gasteiger partial charge in [-0.15, -0.1) is 0 Å². The van der Waals surface area contributed by atoms with Gasteiger partial charge in [-0.1, -0.05) is 61.9 Å². The van der Waals surface area contributed by atoms with Crippen LogP contribution in [0, 0.1) is 6.92 Å². The molecule has 0 fully saturated rings. The van der Waals surface area contributed by atoms with E-state index in [1.165, 1.54) is 24.1 Å². The van der Waals surface area contributed by atoms with Gasteiger partial charge >= 0.3 is 0 Å². The van der Waals surface area contributed by atoms with Crippen LogP contribution in [0.15, 0.2) is 59.5 Å². The summed E-state index contributed by atoms with van der Waals surface area (Å²) in [4.78, 5) is 27.8. The largest absolute Gasteiger partial charge is 0.354 e. The first-order valence-electron chi connectivity index (χ1n) is 11.3. The van der Waals surface area contributed by atoms with Crippen LogP contribution in [0.4, 0.5) is 0 Å². The highest BCUT2D eigenvalue weighted by atomic mass is 32.2. The molecule has 0 spiro atoms. The average Bonchev–Trinajstić information content (AvgIpc) is 2.80. The second kappa shape index (κ2) is 12.5. The normalized spacial score (nSPS) is 12.4. The van der Waals surface area contributed by atoms with Gasteiger partial charge in [0.1, 0.15) is 6.04 Å². The van der Waals surface area contributed by atoms with Crippen molar-refractivity contribution in [2.45, 2.75) is 51.0 Å². The van der Waals surface area contributed by atoms with Crippen molar-refractivity contribution in [3.05, 3.63) is 65.7 Å². The first kappa shape index (κ1) is 26.5. The number of nitrogens with one attached hydrogen (secondary N) is 1. The lowest BCUT2D eigenvalue weighted by molar-refractivity contribution is -0.140. The number of amides is 2. The molecule has 1 unspecified atom stereocenters. The molecule has 0 saturated heterocycles. The number of hydrogen-bond donors (Lipinski definition) is 1. The Hall–Kier alpha value is -2.71. The molecule has 0 aromatic heterocycles. The van der Waals surface area contributed by atoms with Crippen LogP contribution in [0.2, 0.25) is 0 Å². The number of likely N-dealkylation sites (N-methyl/N-ethyl adjacent to an activating group) is 1. The molecule has 8 heteroatoms. The zero-order valence-electron chi connectivity index (χ0n) is 20.0. The number of carbonyl (C=O) groups excluding carboxylic acids is 2. The van der Waals surface area contributed by atoms with Crippen molar-refractivity contribution in [2.24, 2.45) is 0 Å². The minimum Gasteiger partial charge on any atom is -0.354 e. The zero-order valence-corrected chi connectivity index (χ0v) is 20.8. The standard InChI is InChI=1S/C25H35N3O4S/c1-5-17-26-25(30)23(6-2)28(18-16-21-10-8-7-9-11-21)24(29)19-27(4)33(31,32)22-14-12-20(3)13-15-22/h7-15,23H,5-6,16-19H2,1-4H3,(H,26,30). The van der Waals surface area contributed by atoms with Gasteiger partial charge in [-0.3, -0.25) is 9.59 Å². The Kier molecular flexibility index (Phi) is 10.1. The summed E-state index contributed by atoms with van der Waals surface area (Å²) in [7, 11) is -2.44. The Bertz CT molecular complexity index is 1010. The van der Waals surface area contributed by atoms with E-state index in [0.29, 0.717) is 25.9 Å². The van der Waals surface area contributed by atoms with Gasteiger partial charge in [0.05, 0.1) is 11.4 Å². The van der Waals surface area contributed by atoms with Crippen LogP contribution >= 0.6 is 0 Å². The van der Waals surface area contributed by atoms with Crippen molar-refractivity contribution in [1.29, 1.82) is 0 Å². The summed E-state index contributed by atoms with van der Waals surface area (Å²) in [5.74, 6) is -0.618. The fourth-order valence-corrected chi connectivity index (χ4v) is 4.64. The molecular formula is C25H35N3O4S. The molecule has 1 N–H and O–H groups in total. The third kappa shape index (κ3) is 7.40. The van der Waals surface area contributed by atoms with Crippen LogP contribution in [0.3, 0.4) is 0 Å². The van der Waals surface area contributed by atoms with E-state index in [4.69, 9.17) is 0 Å². The molecule has 0 aliphatic heterocycles. The monoisotopic (exact) mass is 473 g/mol. The molecule has 0 saturated carbocycles. The second-order valence-electron chi connectivity index (χ2n) is 8.11. The fraction of sp³-hybridized carbons (Fsp3) is 0.440. The van der Waals surface area contributed by atoms with E-state index < -0.39 is 22.0 Å². The Morgan fingerprint density at radius 3 is 2.21 bits per heavy atom. The first-order valence-corrected chi connectivity index (χ1v) is 12.8. The van der Waals surface area contributed by atoms with Crippen LogP contribution < -0.4 is 5.32 Å². The highest BCUT2D eigenvalue weighted by molar-refractivity contribution is 7.89. The summed E-state index contributed by atoms with van der Waals surface area (Å²) in [6.07, 6.45) is 1.79. The fourth-order valence-electron chi connectivity index (χ4n) is 3.52. The molecule has 0 aliphatic rings. The van der Waals surface area contributed by atoms with Crippen LogP contribution in [0.25, 0.3) is 0 Å². The molecule has 2 aromatic carbocycles. The maximum absolute atomic E-state index is 13.3. The lowest BCUT2D eigenvalue weighted by atomic mass is 10.1. The van der Waals surface area contributed by atoms with Gasteiger partial charge in [-0.25, -0.2) is 8.42 Å². The lowest BCUT2D eigenvalue weighted by Gasteiger charge is -2.32. The Labute approximate surface area is 197 Å². The summed E-state index contributed by atoms with van der Waals surface area (Å²) >= 11 is 0. The number of aryl methyl sites for hydroxylation is 1. The minimum atomic E-state index is -3.83. The van der Waals surface area contributed by atoms with Gasteiger partial charge in [-0.05, 0) is 43.9 Å². The highest BCUT2D eigenvalue weighted by Gasteiger charge is 2.31. The van der Waals surface area contributed by atoms with E-state index in [-0.39, 0.29) is 17.3 Å². The molecular weight excluding hydrogens is 438 g/mol. The summed E-state index contributed by atoms with van der Waals surface area (Å²) in [6.45, 7) is 6.19. The molecule has 2 rings (SSSR count). The van der Waals surface area contributed by atoms with Gasteiger partial charge < -0.3 is 10.2 Å². The summed E-state index contributed by atoms with van der Waals surface area (Å²) in [5, 5.41) is 2.87. The van der Waals surface area contributed by atoms with Gasteiger partial charge in [0.15, 0.2) is 0 Å². The average molecular weight is 474 g/mol. The first-order chi connectivity index (χ1) is 15.7. The SMILES string of the molecule is CCCNC(=O)C(CC)N(CCc1ccccc1)C(=O)CN(C)S(=O)(=O)c1ccc(C)cc1. The van der Waals surface area contributed by atoms with Crippen molar-refractivity contribution in [1.82, 2.24) is 14.5 Å². The van der Waals surface area contributed by atoms with E-state index in [1.807, 2.05) is 51.1 Å². The topological polar surface area (TPSA) is 86.8 Å². The third-order valence-electron chi connectivity index (χ3n) is 5.51. The van der Waals surface area contributed by atoms with Crippen molar-refractivity contribution < 1.29 is 18.0 Å². The van der Waals surface area contributed by atoms with Gasteiger partial charge in [-0.2, -0.15) is 4.31 Å². The molecule has 2 aromatic rings. The van der Waals surface area contributed by atoms with Crippen molar-refractivity contribution in [2.75, 3.05) is 26.7 Å². The molecule has 0 heterocycles. The van der Waals surface area contributed by atoms with Gasteiger partial charge in [0, 0.05) is 20.1 Å². The number of nitrogens with zero attached hydrogens (tertiary/aromatic N) is 2. The van der Waals surface area contributed by atoms with Crippen molar-refractivity contribution in [3.8, 4) is 0 Å². The van der Waals surface area contributed by atoms with Gasteiger partial charge in [0.25, 0.3) is 0 Å². The molecule has 1 atom stereocenters. The lowest BCUT2D eigenvalue weighted by Crippen LogP contribution is -2.52. The predicted octanol–water partition coefficient (Wildman–Crippen LogP) is 2.99. The molecule has 33 heavy (non-hydrogen) atoms.